The van der Waals surface area contributed by atoms with Crippen molar-refractivity contribution in [1.29, 1.82) is 0 Å². The van der Waals surface area contributed by atoms with E-state index in [4.69, 9.17) is 15.0 Å². The van der Waals surface area contributed by atoms with Crippen molar-refractivity contribution in [2.75, 3.05) is 12.8 Å². The summed E-state index contributed by atoms with van der Waals surface area (Å²) < 4.78 is 11.4. The Balaban J connectivity index is 1.58. The van der Waals surface area contributed by atoms with Crippen molar-refractivity contribution in [2.45, 2.75) is 0 Å². The van der Waals surface area contributed by atoms with Crippen molar-refractivity contribution < 1.29 is 18.7 Å². The maximum absolute atomic E-state index is 13.3. The number of para-hydroxylation sites is 1. The van der Waals surface area contributed by atoms with Crippen molar-refractivity contribution in [3.8, 4) is 22.7 Å². The van der Waals surface area contributed by atoms with Gasteiger partial charge in [-0.25, -0.2) is 9.78 Å². The lowest BCUT2D eigenvalue weighted by Gasteiger charge is -2.03. The molecular formula is C23H17N4O4S+. The molecule has 5 rings (SSSR count). The van der Waals surface area contributed by atoms with Crippen LogP contribution in [0.15, 0.2) is 76.0 Å². The number of H-pyrrole nitrogens is 1. The van der Waals surface area contributed by atoms with E-state index in [0.29, 0.717) is 15.9 Å². The first-order valence-corrected chi connectivity index (χ1v) is 10.5. The van der Waals surface area contributed by atoms with Crippen LogP contribution in [0.3, 0.4) is 0 Å². The fourth-order valence-electron chi connectivity index (χ4n) is 3.42. The average molecular weight is 445 g/mol. The highest BCUT2D eigenvalue weighted by Gasteiger charge is 2.34. The van der Waals surface area contributed by atoms with E-state index in [1.54, 1.807) is 31.4 Å². The largest absolute Gasteiger partial charge is 0.497 e. The lowest BCUT2D eigenvalue weighted by Crippen LogP contribution is -2.41. The Morgan fingerprint density at radius 2 is 1.84 bits per heavy atom. The van der Waals surface area contributed by atoms with Gasteiger partial charge in [0.2, 0.25) is 5.69 Å². The van der Waals surface area contributed by atoms with E-state index in [1.807, 2.05) is 42.5 Å². The standard InChI is InChI=1S/C23H16N4O4S/c1-30-15-9-7-13(8-10-15)17-12-11-16-18(24)21(32-22(16)25-17)20(28)19-23(29)31-26-27(19)14-5-3-2-4-6-14/h2-12H,1H3,(H2-,24,26,28,29)/p+1. The predicted octanol–water partition coefficient (Wildman–Crippen LogP) is 3.34. The second-order valence-electron chi connectivity index (χ2n) is 6.95. The Hall–Kier alpha value is -4.24. The molecule has 9 heteroatoms. The second-order valence-corrected chi connectivity index (χ2v) is 7.95. The molecule has 8 nitrogen and oxygen atoms in total. The van der Waals surface area contributed by atoms with E-state index in [2.05, 4.69) is 10.3 Å². The number of methoxy groups -OCH3 is 1. The molecule has 0 fully saturated rings. The minimum absolute atomic E-state index is 0.162. The molecule has 32 heavy (non-hydrogen) atoms. The summed E-state index contributed by atoms with van der Waals surface area (Å²) in [5, 5.41) is 3.13. The summed E-state index contributed by atoms with van der Waals surface area (Å²) >= 11 is 1.14. The van der Waals surface area contributed by atoms with Gasteiger partial charge in [-0.05, 0) is 46.4 Å². The first kappa shape index (κ1) is 19.7. The Morgan fingerprint density at radius 3 is 2.56 bits per heavy atom. The monoisotopic (exact) mass is 445 g/mol. The molecule has 5 aromatic rings. The van der Waals surface area contributed by atoms with Crippen molar-refractivity contribution >= 4 is 33.0 Å². The lowest BCUT2D eigenvalue weighted by molar-refractivity contribution is -0.672. The van der Waals surface area contributed by atoms with E-state index in [9.17, 15) is 9.59 Å². The van der Waals surface area contributed by atoms with Gasteiger partial charge in [-0.15, -0.1) is 11.3 Å². The van der Waals surface area contributed by atoms with E-state index >= 15 is 0 Å². The van der Waals surface area contributed by atoms with Crippen molar-refractivity contribution in [2.24, 2.45) is 0 Å². The third kappa shape index (κ3) is 3.25. The Labute approximate surface area is 185 Å². The van der Waals surface area contributed by atoms with Crippen LogP contribution in [0.25, 0.3) is 27.2 Å². The number of anilines is 1. The Morgan fingerprint density at radius 1 is 1.09 bits per heavy atom. The van der Waals surface area contributed by atoms with E-state index in [1.165, 1.54) is 4.68 Å². The number of aromatic nitrogens is 3. The van der Waals surface area contributed by atoms with Crippen LogP contribution in [-0.4, -0.2) is 23.1 Å². The number of nitrogens with zero attached hydrogens (tertiary/aromatic N) is 2. The Kier molecular flexibility index (Phi) is 4.79. The maximum atomic E-state index is 13.3. The number of ether oxygens (including phenoxy) is 1. The van der Waals surface area contributed by atoms with Crippen LogP contribution in [0.5, 0.6) is 5.75 Å². The number of nitrogen functional groups attached to an aromatic ring is 1. The van der Waals surface area contributed by atoms with E-state index in [0.717, 1.165) is 28.3 Å². The number of hydrogen-bond donors (Lipinski definition) is 2. The molecule has 0 radical (unpaired) electrons. The van der Waals surface area contributed by atoms with Gasteiger partial charge in [-0.1, -0.05) is 18.2 Å². The summed E-state index contributed by atoms with van der Waals surface area (Å²) in [4.78, 5) is 31.2. The van der Waals surface area contributed by atoms with Crippen LogP contribution < -0.4 is 20.8 Å². The number of carbonyl (C=O) groups excluding carboxylic acids is 1. The number of hydrogen-bond acceptors (Lipinski definition) is 7. The summed E-state index contributed by atoms with van der Waals surface area (Å²) in [5.41, 5.74) is 7.86. The third-order valence-electron chi connectivity index (χ3n) is 5.06. The summed E-state index contributed by atoms with van der Waals surface area (Å²) in [7, 11) is 1.61. The van der Waals surface area contributed by atoms with Crippen LogP contribution in [0.2, 0.25) is 0 Å². The SMILES string of the molecule is COc1ccc(-c2ccc3c(N)c(C(=O)c4c(=O)o[nH][n+]4-c4ccccc4)sc3n2)cc1. The summed E-state index contributed by atoms with van der Waals surface area (Å²) in [6, 6.07) is 20.1. The number of thiophene rings is 1. The van der Waals surface area contributed by atoms with Crippen LogP contribution >= 0.6 is 11.3 Å². The molecular weight excluding hydrogens is 428 g/mol. The molecule has 0 amide bonds. The van der Waals surface area contributed by atoms with Gasteiger partial charge < -0.3 is 10.5 Å². The number of fused-ring (bicyclic) bond motifs is 1. The molecule has 0 aliphatic rings. The Bertz CT molecular complexity index is 1500. The number of carbonyl (C=O) groups is 1. The normalized spacial score (nSPS) is 11.0. The van der Waals surface area contributed by atoms with Gasteiger partial charge in [0.1, 0.15) is 15.5 Å². The molecule has 0 saturated carbocycles. The molecule has 0 atom stereocenters. The molecule has 0 unspecified atom stereocenters. The number of pyridine rings is 1. The van der Waals surface area contributed by atoms with Crippen LogP contribution in [-0.2, 0) is 0 Å². The van der Waals surface area contributed by atoms with Crippen LogP contribution in [0.1, 0.15) is 15.4 Å². The van der Waals surface area contributed by atoms with Gasteiger partial charge in [-0.3, -0.25) is 9.32 Å². The topological polar surface area (TPSA) is 115 Å². The smallest absolute Gasteiger partial charge is 0.439 e. The number of benzene rings is 2. The summed E-state index contributed by atoms with van der Waals surface area (Å²) in [5.74, 6) is 0.218. The molecule has 3 aromatic heterocycles. The van der Waals surface area contributed by atoms with E-state index < -0.39 is 11.4 Å². The highest BCUT2D eigenvalue weighted by molar-refractivity contribution is 7.21. The molecule has 158 valence electrons. The highest BCUT2D eigenvalue weighted by Crippen LogP contribution is 2.35. The van der Waals surface area contributed by atoms with Crippen molar-refractivity contribution in [3.05, 3.63) is 87.7 Å². The van der Waals surface area contributed by atoms with Crippen LogP contribution in [0.4, 0.5) is 5.69 Å². The summed E-state index contributed by atoms with van der Waals surface area (Å²) in [6.07, 6.45) is 0. The fourth-order valence-corrected chi connectivity index (χ4v) is 4.46. The lowest BCUT2D eigenvalue weighted by atomic mass is 10.1. The first-order chi connectivity index (χ1) is 15.6. The van der Waals surface area contributed by atoms with Gasteiger partial charge >= 0.3 is 11.3 Å². The molecule has 0 bridgehead atoms. The zero-order valence-electron chi connectivity index (χ0n) is 16.9. The number of nitrogens with two attached hydrogens (primary N) is 1. The number of rotatable bonds is 5. The van der Waals surface area contributed by atoms with Crippen molar-refractivity contribution in [3.63, 3.8) is 0 Å². The van der Waals surface area contributed by atoms with E-state index in [-0.39, 0.29) is 16.3 Å². The van der Waals surface area contributed by atoms with Gasteiger partial charge in [0, 0.05) is 23.1 Å². The number of ketones is 1. The third-order valence-corrected chi connectivity index (χ3v) is 6.18. The first-order valence-electron chi connectivity index (χ1n) is 9.64. The molecule has 3 N–H and O–H groups in total. The van der Waals surface area contributed by atoms with Gasteiger partial charge in [0.15, 0.2) is 0 Å². The molecule has 0 aliphatic carbocycles. The maximum Gasteiger partial charge on any atom is 0.439 e. The van der Waals surface area contributed by atoms with Gasteiger partial charge in [0.05, 0.1) is 18.5 Å². The molecule has 3 heterocycles. The fraction of sp³-hybridized carbons (Fsp3) is 0.0435. The zero-order valence-corrected chi connectivity index (χ0v) is 17.7. The zero-order chi connectivity index (χ0) is 22.2. The minimum atomic E-state index is -0.775. The quantitative estimate of drug-likeness (QED) is 0.317. The van der Waals surface area contributed by atoms with Crippen LogP contribution in [0, 0.1) is 0 Å². The summed E-state index contributed by atoms with van der Waals surface area (Å²) in [6.45, 7) is 0. The second kappa shape index (κ2) is 7.78. The molecule has 2 aromatic carbocycles. The van der Waals surface area contributed by atoms with Crippen molar-refractivity contribution in [1.82, 2.24) is 10.3 Å². The average Bonchev–Trinajstić information content (AvgIpc) is 3.39. The molecule has 0 saturated heterocycles. The van der Waals surface area contributed by atoms with Gasteiger partial charge in [0.25, 0.3) is 5.78 Å². The number of nitrogens with one attached hydrogen (secondary N) is 1. The predicted molar refractivity (Wildman–Crippen MR) is 120 cm³/mol. The van der Waals surface area contributed by atoms with Gasteiger partial charge in [-0.2, -0.15) is 0 Å². The number of aromatic amines is 1. The molecule has 0 spiro atoms. The highest BCUT2D eigenvalue weighted by atomic mass is 32.1. The minimum Gasteiger partial charge on any atom is -0.497 e. The molecule has 0 aliphatic heterocycles.